The maximum Gasteiger partial charge on any atom is 0.293 e. The molecule has 0 bridgehead atoms. The van der Waals surface area contributed by atoms with Crippen molar-refractivity contribution in [3.05, 3.63) is 81.3 Å². The van der Waals surface area contributed by atoms with Crippen LogP contribution in [-0.2, 0) is 11.3 Å². The molecular weight excluding hydrogens is 462 g/mol. The Balaban J connectivity index is 1.52. The van der Waals surface area contributed by atoms with E-state index in [1.165, 1.54) is 10.8 Å². The highest BCUT2D eigenvalue weighted by atomic mass is 79.9. The fraction of sp³-hybridized carbons (Fsp3) is 0.182. The lowest BCUT2D eigenvalue weighted by Gasteiger charge is -2.15. The number of fused-ring (bicyclic) bond motifs is 1. The fourth-order valence-corrected chi connectivity index (χ4v) is 3.49. The number of halogens is 1. The van der Waals surface area contributed by atoms with Crippen molar-refractivity contribution < 1.29 is 9.53 Å². The van der Waals surface area contributed by atoms with Crippen LogP contribution in [0, 0.1) is 0 Å². The summed E-state index contributed by atoms with van der Waals surface area (Å²) in [6, 6.07) is 16.5. The molecule has 1 N–H and O–H groups in total. The fourth-order valence-electron chi connectivity index (χ4n) is 3.23. The van der Waals surface area contributed by atoms with E-state index < -0.39 is 0 Å². The third kappa shape index (κ3) is 4.51. The average molecular weight is 482 g/mol. The number of nitrogens with one attached hydrogen (secondary N) is 1. The topological polar surface area (TPSA) is 90.5 Å². The van der Waals surface area contributed by atoms with Crippen LogP contribution in [0.15, 0.2) is 70.2 Å². The van der Waals surface area contributed by atoms with E-state index in [4.69, 9.17) is 4.74 Å². The molecule has 0 fully saturated rings. The molecule has 0 saturated carbocycles. The molecule has 9 heteroatoms. The predicted molar refractivity (Wildman–Crippen MR) is 120 cm³/mol. The molecule has 2 heterocycles. The number of methoxy groups -OCH3 is 1. The first kappa shape index (κ1) is 20.8. The van der Waals surface area contributed by atoms with E-state index in [0.29, 0.717) is 17.0 Å². The molecule has 0 saturated heterocycles. The van der Waals surface area contributed by atoms with Crippen molar-refractivity contribution in [2.24, 2.45) is 0 Å². The van der Waals surface area contributed by atoms with E-state index in [1.807, 2.05) is 55.5 Å². The molecule has 0 unspecified atom stereocenters. The summed E-state index contributed by atoms with van der Waals surface area (Å²) in [6.07, 6.45) is 1.43. The van der Waals surface area contributed by atoms with Crippen LogP contribution in [0.5, 0.6) is 5.75 Å². The molecule has 4 aromatic rings. The molecule has 2 aromatic carbocycles. The van der Waals surface area contributed by atoms with Gasteiger partial charge in [0, 0.05) is 10.0 Å². The maximum absolute atomic E-state index is 12.8. The van der Waals surface area contributed by atoms with Gasteiger partial charge in [-0.3, -0.25) is 9.59 Å². The summed E-state index contributed by atoms with van der Waals surface area (Å²) in [5.74, 6) is 0.395. The summed E-state index contributed by atoms with van der Waals surface area (Å²) in [4.78, 5) is 25.4. The van der Waals surface area contributed by atoms with E-state index in [1.54, 1.807) is 13.2 Å². The number of rotatable bonds is 6. The van der Waals surface area contributed by atoms with Gasteiger partial charge in [-0.15, -0.1) is 0 Å². The van der Waals surface area contributed by atoms with Gasteiger partial charge < -0.3 is 10.1 Å². The van der Waals surface area contributed by atoms with Gasteiger partial charge in [-0.05, 0) is 42.8 Å². The monoisotopic (exact) mass is 481 g/mol. The minimum Gasteiger partial charge on any atom is -0.497 e. The molecule has 31 heavy (non-hydrogen) atoms. The Morgan fingerprint density at radius 3 is 2.71 bits per heavy atom. The van der Waals surface area contributed by atoms with Gasteiger partial charge in [0.2, 0.25) is 5.91 Å². The lowest BCUT2D eigenvalue weighted by molar-refractivity contribution is -0.122. The van der Waals surface area contributed by atoms with Crippen molar-refractivity contribution in [1.82, 2.24) is 24.7 Å². The minimum absolute atomic E-state index is 0.192. The Morgan fingerprint density at radius 1 is 1.19 bits per heavy atom. The highest BCUT2D eigenvalue weighted by molar-refractivity contribution is 9.10. The molecule has 0 aliphatic heterocycles. The summed E-state index contributed by atoms with van der Waals surface area (Å²) >= 11 is 3.40. The molecule has 0 aliphatic rings. The van der Waals surface area contributed by atoms with Crippen molar-refractivity contribution in [2.75, 3.05) is 7.11 Å². The quantitative estimate of drug-likeness (QED) is 0.456. The number of hydrogen-bond acceptors (Lipinski definition) is 5. The van der Waals surface area contributed by atoms with Gasteiger partial charge in [0.25, 0.3) is 5.56 Å². The molecule has 1 amide bonds. The summed E-state index contributed by atoms with van der Waals surface area (Å²) in [5.41, 5.74) is 2.39. The van der Waals surface area contributed by atoms with Crippen LogP contribution in [0.2, 0.25) is 0 Å². The zero-order valence-electron chi connectivity index (χ0n) is 16.9. The third-order valence-corrected chi connectivity index (χ3v) is 5.42. The molecular formula is C22H20BrN5O3. The summed E-state index contributed by atoms with van der Waals surface area (Å²) < 4.78 is 8.74. The molecule has 0 aliphatic carbocycles. The van der Waals surface area contributed by atoms with Crippen LogP contribution in [0.3, 0.4) is 0 Å². The van der Waals surface area contributed by atoms with Crippen LogP contribution < -0.4 is 15.6 Å². The van der Waals surface area contributed by atoms with Gasteiger partial charge in [-0.25, -0.2) is 9.20 Å². The Labute approximate surface area is 186 Å². The largest absolute Gasteiger partial charge is 0.497 e. The van der Waals surface area contributed by atoms with Crippen molar-refractivity contribution >= 4 is 27.4 Å². The van der Waals surface area contributed by atoms with Gasteiger partial charge in [0.15, 0.2) is 0 Å². The molecule has 0 radical (unpaired) electrons. The van der Waals surface area contributed by atoms with Crippen LogP contribution >= 0.6 is 15.9 Å². The summed E-state index contributed by atoms with van der Waals surface area (Å²) in [5, 5.41) is 11.4. The second-order valence-corrected chi connectivity index (χ2v) is 7.94. The second kappa shape index (κ2) is 8.73. The van der Waals surface area contributed by atoms with Crippen LogP contribution in [0.4, 0.5) is 0 Å². The lowest BCUT2D eigenvalue weighted by Crippen LogP contribution is -2.35. The van der Waals surface area contributed by atoms with Crippen LogP contribution in [-0.4, -0.2) is 32.4 Å². The maximum atomic E-state index is 12.8. The third-order valence-electron chi connectivity index (χ3n) is 4.89. The Kier molecular flexibility index (Phi) is 5.85. The van der Waals surface area contributed by atoms with Gasteiger partial charge in [-0.1, -0.05) is 40.2 Å². The lowest BCUT2D eigenvalue weighted by atomic mass is 10.1. The van der Waals surface area contributed by atoms with Crippen molar-refractivity contribution in [3.63, 3.8) is 0 Å². The van der Waals surface area contributed by atoms with Gasteiger partial charge in [0.05, 0.1) is 18.8 Å². The Morgan fingerprint density at radius 2 is 1.97 bits per heavy atom. The predicted octanol–water partition coefficient (Wildman–Crippen LogP) is 3.21. The number of benzene rings is 2. The van der Waals surface area contributed by atoms with E-state index in [-0.39, 0.29) is 24.1 Å². The van der Waals surface area contributed by atoms with Gasteiger partial charge in [0.1, 0.15) is 24.1 Å². The molecule has 1 atom stereocenters. The number of ether oxygens (including phenoxy) is 1. The first-order valence-corrected chi connectivity index (χ1v) is 10.4. The normalized spacial score (nSPS) is 12.0. The standard InChI is InChI=1S/C22H20BrN5O3/c1-14(16-4-3-5-18(10-16)31-2)25-21(29)12-27-22(30)20-11-19(26-28(20)13-24-27)15-6-8-17(23)9-7-15/h3-11,13-14H,12H2,1-2H3,(H,25,29)/t14-/m0/s1. The SMILES string of the molecule is COc1cccc([C@H](C)NC(=O)Cn2ncn3nc(-c4ccc(Br)cc4)cc3c2=O)c1. The van der Waals surface area contributed by atoms with E-state index in [0.717, 1.165) is 20.3 Å². The second-order valence-electron chi connectivity index (χ2n) is 7.03. The minimum atomic E-state index is -0.387. The first-order valence-electron chi connectivity index (χ1n) is 9.59. The van der Waals surface area contributed by atoms with Crippen LogP contribution in [0.25, 0.3) is 16.8 Å². The first-order chi connectivity index (χ1) is 14.9. The van der Waals surface area contributed by atoms with E-state index >= 15 is 0 Å². The van der Waals surface area contributed by atoms with Gasteiger partial charge in [-0.2, -0.15) is 10.2 Å². The molecule has 2 aromatic heterocycles. The zero-order valence-corrected chi connectivity index (χ0v) is 18.5. The van der Waals surface area contributed by atoms with E-state index in [2.05, 4.69) is 31.4 Å². The molecule has 4 rings (SSSR count). The van der Waals surface area contributed by atoms with E-state index in [9.17, 15) is 9.59 Å². The number of aromatic nitrogens is 4. The number of nitrogens with zero attached hydrogens (tertiary/aromatic N) is 4. The molecule has 8 nitrogen and oxygen atoms in total. The summed E-state index contributed by atoms with van der Waals surface area (Å²) in [7, 11) is 1.59. The van der Waals surface area contributed by atoms with Crippen LogP contribution in [0.1, 0.15) is 18.5 Å². The zero-order chi connectivity index (χ0) is 22.0. The molecule has 158 valence electrons. The number of carbonyl (C=O) groups is 1. The Bertz CT molecular complexity index is 1300. The smallest absolute Gasteiger partial charge is 0.293 e. The number of amides is 1. The highest BCUT2D eigenvalue weighted by Crippen LogP contribution is 2.21. The highest BCUT2D eigenvalue weighted by Gasteiger charge is 2.15. The van der Waals surface area contributed by atoms with Crippen molar-refractivity contribution in [1.29, 1.82) is 0 Å². The average Bonchev–Trinajstić information content (AvgIpc) is 3.21. The summed E-state index contributed by atoms with van der Waals surface area (Å²) in [6.45, 7) is 1.68. The molecule has 0 spiro atoms. The Hall–Kier alpha value is -3.46. The van der Waals surface area contributed by atoms with Crippen molar-refractivity contribution in [3.8, 4) is 17.0 Å². The number of carbonyl (C=O) groups excluding carboxylic acids is 1. The van der Waals surface area contributed by atoms with Gasteiger partial charge >= 0.3 is 0 Å². The van der Waals surface area contributed by atoms with Crippen molar-refractivity contribution in [2.45, 2.75) is 19.5 Å². The number of hydrogen-bond donors (Lipinski definition) is 1.